The first-order valence-corrected chi connectivity index (χ1v) is 5.86. The van der Waals surface area contributed by atoms with E-state index in [2.05, 4.69) is 15.6 Å². The third-order valence-electron chi connectivity index (χ3n) is 2.70. The van der Waals surface area contributed by atoms with Gasteiger partial charge >= 0.3 is 0 Å². The summed E-state index contributed by atoms with van der Waals surface area (Å²) < 4.78 is 12.1. The Labute approximate surface area is 106 Å². The molecule has 1 N–H and O–H groups in total. The van der Waals surface area contributed by atoms with Crippen molar-refractivity contribution >= 4 is 0 Å². The van der Waals surface area contributed by atoms with E-state index in [-0.39, 0.29) is 0 Å². The molecule has 0 spiro atoms. The van der Waals surface area contributed by atoms with Gasteiger partial charge in [-0.1, -0.05) is 5.16 Å². The molecule has 6 heteroatoms. The van der Waals surface area contributed by atoms with Gasteiger partial charge in [0.05, 0.1) is 24.1 Å². The van der Waals surface area contributed by atoms with Crippen molar-refractivity contribution in [2.24, 2.45) is 7.05 Å². The average molecular weight is 250 g/mol. The molecule has 2 heterocycles. The molecule has 0 aromatic carbocycles. The Hall–Kier alpha value is -1.66. The molecule has 2 rings (SSSR count). The maximum atomic E-state index is 5.33. The van der Waals surface area contributed by atoms with Crippen LogP contribution in [0.1, 0.15) is 11.3 Å². The van der Waals surface area contributed by atoms with Crippen LogP contribution in [0.4, 0.5) is 0 Å². The highest BCUT2D eigenvalue weighted by Crippen LogP contribution is 2.25. The molecule has 0 amide bonds. The number of ether oxygens (including phenoxy) is 1. The summed E-state index contributed by atoms with van der Waals surface area (Å²) >= 11 is 0. The monoisotopic (exact) mass is 250 g/mol. The maximum absolute atomic E-state index is 5.33. The van der Waals surface area contributed by atoms with Crippen LogP contribution in [0.5, 0.6) is 0 Å². The molecular weight excluding hydrogens is 232 g/mol. The van der Waals surface area contributed by atoms with Crippen LogP contribution in [0.3, 0.4) is 0 Å². The van der Waals surface area contributed by atoms with Crippen LogP contribution in [0.2, 0.25) is 0 Å². The first-order valence-electron chi connectivity index (χ1n) is 5.86. The highest BCUT2D eigenvalue weighted by atomic mass is 16.5. The minimum atomic E-state index is 0.687. The van der Waals surface area contributed by atoms with E-state index in [9.17, 15) is 0 Å². The summed E-state index contributed by atoms with van der Waals surface area (Å²) in [5.74, 6) is 0.783. The standard InChI is InChI=1S/C12H18N4O2/c1-9-11(8-16(2)15-9)12-10(7-14-18-12)6-13-4-5-17-3/h7-8,13H,4-6H2,1-3H3. The van der Waals surface area contributed by atoms with E-state index in [1.54, 1.807) is 18.0 Å². The minimum absolute atomic E-state index is 0.687. The van der Waals surface area contributed by atoms with Crippen LogP contribution in [0.15, 0.2) is 16.9 Å². The second kappa shape index (κ2) is 5.79. The number of hydrogen-bond acceptors (Lipinski definition) is 5. The third kappa shape index (κ3) is 2.77. The van der Waals surface area contributed by atoms with Crippen molar-refractivity contribution in [3.63, 3.8) is 0 Å². The van der Waals surface area contributed by atoms with Crippen molar-refractivity contribution in [1.29, 1.82) is 0 Å². The van der Waals surface area contributed by atoms with E-state index in [0.29, 0.717) is 13.2 Å². The van der Waals surface area contributed by atoms with Crippen molar-refractivity contribution in [1.82, 2.24) is 20.3 Å². The van der Waals surface area contributed by atoms with Gasteiger partial charge in [-0.2, -0.15) is 5.10 Å². The van der Waals surface area contributed by atoms with Gasteiger partial charge in [0.25, 0.3) is 0 Å². The molecule has 0 aliphatic heterocycles. The van der Waals surface area contributed by atoms with Gasteiger partial charge in [0.15, 0.2) is 5.76 Å². The Morgan fingerprint density at radius 1 is 1.50 bits per heavy atom. The van der Waals surface area contributed by atoms with Crippen LogP contribution in [-0.2, 0) is 18.3 Å². The van der Waals surface area contributed by atoms with Crippen molar-refractivity contribution < 1.29 is 9.26 Å². The second-order valence-electron chi connectivity index (χ2n) is 4.15. The molecule has 0 aliphatic carbocycles. The summed E-state index contributed by atoms with van der Waals surface area (Å²) in [5.41, 5.74) is 2.95. The molecule has 0 aliphatic rings. The van der Waals surface area contributed by atoms with Gasteiger partial charge in [-0.05, 0) is 6.92 Å². The van der Waals surface area contributed by atoms with Crippen molar-refractivity contribution in [2.45, 2.75) is 13.5 Å². The fourth-order valence-corrected chi connectivity index (χ4v) is 1.83. The lowest BCUT2D eigenvalue weighted by molar-refractivity contribution is 0.199. The van der Waals surface area contributed by atoms with Crippen LogP contribution < -0.4 is 5.32 Å². The molecule has 0 saturated heterocycles. The smallest absolute Gasteiger partial charge is 0.174 e. The quantitative estimate of drug-likeness (QED) is 0.778. The lowest BCUT2D eigenvalue weighted by Crippen LogP contribution is -2.18. The summed E-state index contributed by atoms with van der Waals surface area (Å²) in [6.45, 7) is 4.15. The predicted molar refractivity (Wildman–Crippen MR) is 67.0 cm³/mol. The molecule has 0 atom stereocenters. The lowest BCUT2D eigenvalue weighted by atomic mass is 10.1. The normalized spacial score (nSPS) is 11.1. The van der Waals surface area contributed by atoms with Gasteiger partial charge in [-0.25, -0.2) is 0 Å². The zero-order chi connectivity index (χ0) is 13.0. The van der Waals surface area contributed by atoms with E-state index in [0.717, 1.165) is 29.1 Å². The molecule has 2 aromatic rings. The van der Waals surface area contributed by atoms with Crippen molar-refractivity contribution in [2.75, 3.05) is 20.3 Å². The molecule has 0 unspecified atom stereocenters. The molecule has 2 aromatic heterocycles. The van der Waals surface area contributed by atoms with Gasteiger partial charge in [-0.3, -0.25) is 4.68 Å². The number of aryl methyl sites for hydroxylation is 2. The Morgan fingerprint density at radius 3 is 3.00 bits per heavy atom. The van der Waals surface area contributed by atoms with Crippen LogP contribution >= 0.6 is 0 Å². The number of aromatic nitrogens is 3. The maximum Gasteiger partial charge on any atom is 0.174 e. The second-order valence-corrected chi connectivity index (χ2v) is 4.15. The molecule has 0 bridgehead atoms. The van der Waals surface area contributed by atoms with Gasteiger partial charge in [0.1, 0.15) is 0 Å². The van der Waals surface area contributed by atoms with E-state index in [1.807, 2.05) is 20.2 Å². The molecule has 0 radical (unpaired) electrons. The highest BCUT2D eigenvalue weighted by Gasteiger charge is 2.15. The fourth-order valence-electron chi connectivity index (χ4n) is 1.83. The number of hydrogen-bond donors (Lipinski definition) is 1. The summed E-state index contributed by atoms with van der Waals surface area (Å²) in [6.07, 6.45) is 3.68. The molecule has 6 nitrogen and oxygen atoms in total. The Bertz CT molecular complexity index is 504. The first kappa shape index (κ1) is 12.8. The van der Waals surface area contributed by atoms with E-state index >= 15 is 0 Å². The summed E-state index contributed by atoms with van der Waals surface area (Å²) in [5, 5.41) is 11.4. The van der Waals surface area contributed by atoms with Gasteiger partial charge < -0.3 is 14.6 Å². The number of methoxy groups -OCH3 is 1. The third-order valence-corrected chi connectivity index (χ3v) is 2.70. The highest BCUT2D eigenvalue weighted by molar-refractivity contribution is 5.62. The molecule has 98 valence electrons. The average Bonchev–Trinajstić information content (AvgIpc) is 2.91. The van der Waals surface area contributed by atoms with E-state index < -0.39 is 0 Å². The van der Waals surface area contributed by atoms with Crippen molar-refractivity contribution in [3.05, 3.63) is 23.7 Å². The van der Waals surface area contributed by atoms with Gasteiger partial charge in [-0.15, -0.1) is 0 Å². The zero-order valence-electron chi connectivity index (χ0n) is 10.9. The molecule has 0 fully saturated rings. The first-order chi connectivity index (χ1) is 8.72. The lowest BCUT2D eigenvalue weighted by Gasteiger charge is -2.03. The van der Waals surface area contributed by atoms with Crippen LogP contribution in [-0.4, -0.2) is 35.2 Å². The van der Waals surface area contributed by atoms with Gasteiger partial charge in [0, 0.05) is 39.0 Å². The Kier molecular flexibility index (Phi) is 4.11. The van der Waals surface area contributed by atoms with E-state index in [1.165, 1.54) is 0 Å². The Morgan fingerprint density at radius 2 is 2.33 bits per heavy atom. The summed E-state index contributed by atoms with van der Waals surface area (Å²) in [6, 6.07) is 0. The molecular formula is C12H18N4O2. The predicted octanol–water partition coefficient (Wildman–Crippen LogP) is 1.12. The number of rotatable bonds is 6. The Balaban J connectivity index is 2.10. The fraction of sp³-hybridized carbons (Fsp3) is 0.500. The van der Waals surface area contributed by atoms with Gasteiger partial charge in [0.2, 0.25) is 0 Å². The number of nitrogens with one attached hydrogen (secondary N) is 1. The van der Waals surface area contributed by atoms with Crippen molar-refractivity contribution in [3.8, 4) is 11.3 Å². The summed E-state index contributed by atoms with van der Waals surface area (Å²) in [4.78, 5) is 0. The topological polar surface area (TPSA) is 65.1 Å². The number of nitrogens with zero attached hydrogens (tertiary/aromatic N) is 3. The van der Waals surface area contributed by atoms with Crippen LogP contribution in [0, 0.1) is 6.92 Å². The minimum Gasteiger partial charge on any atom is -0.383 e. The largest absolute Gasteiger partial charge is 0.383 e. The molecule has 18 heavy (non-hydrogen) atoms. The zero-order valence-corrected chi connectivity index (χ0v) is 10.9. The molecule has 0 saturated carbocycles. The van der Waals surface area contributed by atoms with E-state index in [4.69, 9.17) is 9.26 Å². The SMILES string of the molecule is COCCNCc1cnoc1-c1cn(C)nc1C. The van der Waals surface area contributed by atoms with Crippen LogP contribution in [0.25, 0.3) is 11.3 Å². The summed E-state index contributed by atoms with van der Waals surface area (Å²) in [7, 11) is 3.58.